The average molecular weight is 249 g/mol. The van der Waals surface area contributed by atoms with Gasteiger partial charge in [0, 0.05) is 19.3 Å². The van der Waals surface area contributed by atoms with Gasteiger partial charge in [-0.05, 0) is 25.5 Å². The summed E-state index contributed by atoms with van der Waals surface area (Å²) in [4.78, 5) is 4.32. The molecule has 98 valence electrons. The minimum atomic E-state index is 0.558. The Morgan fingerprint density at radius 1 is 1.33 bits per heavy atom. The highest BCUT2D eigenvalue weighted by molar-refractivity contribution is 5.56. The van der Waals surface area contributed by atoms with E-state index in [9.17, 15) is 0 Å². The van der Waals surface area contributed by atoms with Crippen LogP contribution in [-0.2, 0) is 9.47 Å². The van der Waals surface area contributed by atoms with E-state index in [1.54, 1.807) is 7.11 Å². The molecule has 1 aromatic heterocycles. The average Bonchev–Trinajstić information content (AvgIpc) is 2.33. The summed E-state index contributed by atoms with van der Waals surface area (Å²) in [5.41, 5.74) is 2.43. The molecule has 0 spiro atoms. The Morgan fingerprint density at radius 3 is 2.78 bits per heavy atom. The second-order valence-corrected chi connectivity index (χ2v) is 3.95. The zero-order valence-corrected chi connectivity index (χ0v) is 11.1. The van der Waals surface area contributed by atoms with Crippen molar-refractivity contribution in [1.82, 2.24) is 4.98 Å². The molecular formula is C13H19N3O2. The normalized spacial score (nSPS) is 10.1. The largest absolute Gasteiger partial charge is 0.382 e. The van der Waals surface area contributed by atoms with Crippen molar-refractivity contribution in [1.29, 1.82) is 5.26 Å². The minimum absolute atomic E-state index is 0.558. The van der Waals surface area contributed by atoms with Crippen LogP contribution in [0.2, 0.25) is 0 Å². The van der Waals surface area contributed by atoms with Crippen LogP contribution in [0.5, 0.6) is 0 Å². The zero-order valence-electron chi connectivity index (χ0n) is 11.1. The molecular weight excluding hydrogens is 230 g/mol. The lowest BCUT2D eigenvalue weighted by Gasteiger charge is -2.10. The van der Waals surface area contributed by atoms with Gasteiger partial charge < -0.3 is 14.8 Å². The van der Waals surface area contributed by atoms with Crippen molar-refractivity contribution < 1.29 is 9.47 Å². The van der Waals surface area contributed by atoms with Gasteiger partial charge in [0.1, 0.15) is 11.9 Å². The summed E-state index contributed by atoms with van der Waals surface area (Å²) in [7, 11) is 1.64. The Bertz CT molecular complexity index is 427. The fraction of sp³-hybridized carbons (Fsp3) is 0.538. The van der Waals surface area contributed by atoms with Gasteiger partial charge in [-0.1, -0.05) is 0 Å². The maximum atomic E-state index is 9.09. The molecule has 1 rings (SSSR count). The third kappa shape index (κ3) is 4.32. The van der Waals surface area contributed by atoms with Crippen molar-refractivity contribution in [2.75, 3.05) is 38.8 Å². The Balaban J connectivity index is 2.49. The number of aryl methyl sites for hydroxylation is 2. The van der Waals surface area contributed by atoms with Crippen LogP contribution in [0.4, 0.5) is 5.82 Å². The van der Waals surface area contributed by atoms with Gasteiger partial charge in [-0.3, -0.25) is 0 Å². The standard InChI is InChI=1S/C13H19N3O2/c1-10-8-11(2)16-13(12(10)9-14)15-4-5-18-7-6-17-3/h8H,4-7H2,1-3H3,(H,15,16). The number of methoxy groups -OCH3 is 1. The second kappa shape index (κ2) is 7.64. The number of ether oxygens (including phenoxy) is 2. The molecule has 0 aliphatic carbocycles. The van der Waals surface area contributed by atoms with Crippen molar-refractivity contribution in [3.05, 3.63) is 22.9 Å². The quantitative estimate of drug-likeness (QED) is 0.744. The van der Waals surface area contributed by atoms with Crippen LogP contribution in [-0.4, -0.2) is 38.5 Å². The molecule has 0 atom stereocenters. The molecule has 0 fully saturated rings. The van der Waals surface area contributed by atoms with Crippen LogP contribution >= 0.6 is 0 Å². The number of hydrogen-bond donors (Lipinski definition) is 1. The van der Waals surface area contributed by atoms with Crippen molar-refractivity contribution in [3.8, 4) is 6.07 Å². The van der Waals surface area contributed by atoms with Gasteiger partial charge >= 0.3 is 0 Å². The van der Waals surface area contributed by atoms with E-state index in [1.807, 2.05) is 19.9 Å². The smallest absolute Gasteiger partial charge is 0.144 e. The van der Waals surface area contributed by atoms with E-state index in [2.05, 4.69) is 16.4 Å². The van der Waals surface area contributed by atoms with Gasteiger partial charge in [0.05, 0.1) is 25.4 Å². The van der Waals surface area contributed by atoms with Crippen molar-refractivity contribution in [2.24, 2.45) is 0 Å². The minimum Gasteiger partial charge on any atom is -0.382 e. The highest BCUT2D eigenvalue weighted by atomic mass is 16.5. The summed E-state index contributed by atoms with van der Waals surface area (Å²) in [6.07, 6.45) is 0. The number of nitrogens with zero attached hydrogens (tertiary/aromatic N) is 2. The Hall–Kier alpha value is -1.64. The first kappa shape index (κ1) is 14.4. The van der Waals surface area contributed by atoms with Gasteiger partial charge in [-0.15, -0.1) is 0 Å². The molecule has 0 saturated carbocycles. The van der Waals surface area contributed by atoms with E-state index < -0.39 is 0 Å². The predicted octanol–water partition coefficient (Wildman–Crippen LogP) is 1.65. The Kier molecular flexibility index (Phi) is 6.12. The maximum Gasteiger partial charge on any atom is 0.144 e. The summed E-state index contributed by atoms with van der Waals surface area (Å²) in [5, 5.41) is 12.2. The van der Waals surface area contributed by atoms with Crippen molar-refractivity contribution in [3.63, 3.8) is 0 Å². The predicted molar refractivity (Wildman–Crippen MR) is 69.6 cm³/mol. The summed E-state index contributed by atoms with van der Waals surface area (Å²) < 4.78 is 10.2. The fourth-order valence-corrected chi connectivity index (χ4v) is 1.59. The van der Waals surface area contributed by atoms with Gasteiger partial charge in [-0.2, -0.15) is 5.26 Å². The number of anilines is 1. The van der Waals surface area contributed by atoms with Crippen LogP contribution in [0.3, 0.4) is 0 Å². The van der Waals surface area contributed by atoms with E-state index in [0.29, 0.717) is 37.7 Å². The lowest BCUT2D eigenvalue weighted by molar-refractivity contribution is 0.0759. The molecule has 5 heteroatoms. The third-order valence-corrected chi connectivity index (χ3v) is 2.43. The highest BCUT2D eigenvalue weighted by Gasteiger charge is 2.07. The van der Waals surface area contributed by atoms with Crippen LogP contribution < -0.4 is 5.32 Å². The molecule has 0 aliphatic heterocycles. The Labute approximate surface area is 108 Å². The molecule has 0 aromatic carbocycles. The monoisotopic (exact) mass is 249 g/mol. The summed E-state index contributed by atoms with van der Waals surface area (Å²) >= 11 is 0. The van der Waals surface area contributed by atoms with Gasteiger partial charge in [0.15, 0.2) is 0 Å². The van der Waals surface area contributed by atoms with Gasteiger partial charge in [-0.25, -0.2) is 4.98 Å². The fourth-order valence-electron chi connectivity index (χ4n) is 1.59. The number of rotatable bonds is 7. The summed E-state index contributed by atoms with van der Waals surface area (Å²) in [6, 6.07) is 4.07. The van der Waals surface area contributed by atoms with Crippen LogP contribution in [0.1, 0.15) is 16.8 Å². The third-order valence-electron chi connectivity index (χ3n) is 2.43. The number of pyridine rings is 1. The zero-order chi connectivity index (χ0) is 13.4. The van der Waals surface area contributed by atoms with Crippen LogP contribution in [0, 0.1) is 25.2 Å². The van der Waals surface area contributed by atoms with Crippen molar-refractivity contribution >= 4 is 5.82 Å². The molecule has 0 radical (unpaired) electrons. The molecule has 0 aliphatic rings. The molecule has 0 bridgehead atoms. The van der Waals surface area contributed by atoms with Crippen LogP contribution in [0.15, 0.2) is 6.07 Å². The number of nitriles is 1. The van der Waals surface area contributed by atoms with E-state index in [-0.39, 0.29) is 0 Å². The summed E-state index contributed by atoms with van der Waals surface area (Å²) in [5.74, 6) is 0.630. The molecule has 0 amide bonds. The summed E-state index contributed by atoms with van der Waals surface area (Å²) in [6.45, 7) is 6.16. The number of aromatic nitrogens is 1. The molecule has 18 heavy (non-hydrogen) atoms. The Morgan fingerprint density at radius 2 is 2.11 bits per heavy atom. The molecule has 1 aromatic rings. The highest BCUT2D eigenvalue weighted by Crippen LogP contribution is 2.16. The molecule has 1 heterocycles. The van der Waals surface area contributed by atoms with E-state index in [0.717, 1.165) is 11.3 Å². The first-order chi connectivity index (χ1) is 8.69. The molecule has 0 unspecified atom stereocenters. The molecule has 1 N–H and O–H groups in total. The SMILES string of the molecule is COCCOCCNc1nc(C)cc(C)c1C#N. The van der Waals surface area contributed by atoms with Gasteiger partial charge in [0.2, 0.25) is 0 Å². The first-order valence-corrected chi connectivity index (χ1v) is 5.88. The lowest BCUT2D eigenvalue weighted by Crippen LogP contribution is -2.14. The lowest BCUT2D eigenvalue weighted by atomic mass is 10.1. The molecule has 5 nitrogen and oxygen atoms in total. The number of hydrogen-bond acceptors (Lipinski definition) is 5. The number of nitrogens with one attached hydrogen (secondary N) is 1. The maximum absolute atomic E-state index is 9.09. The second-order valence-electron chi connectivity index (χ2n) is 3.95. The van der Waals surface area contributed by atoms with Gasteiger partial charge in [0.25, 0.3) is 0 Å². The van der Waals surface area contributed by atoms with E-state index >= 15 is 0 Å². The van der Waals surface area contributed by atoms with E-state index in [4.69, 9.17) is 14.7 Å². The van der Waals surface area contributed by atoms with E-state index in [1.165, 1.54) is 0 Å². The topological polar surface area (TPSA) is 67.2 Å². The molecule has 0 saturated heterocycles. The van der Waals surface area contributed by atoms with Crippen molar-refractivity contribution in [2.45, 2.75) is 13.8 Å². The van der Waals surface area contributed by atoms with Crippen LogP contribution in [0.25, 0.3) is 0 Å². The first-order valence-electron chi connectivity index (χ1n) is 5.88.